The van der Waals surface area contributed by atoms with Gasteiger partial charge in [0, 0.05) is 24.6 Å². The molecule has 0 atom stereocenters. The van der Waals surface area contributed by atoms with Crippen LogP contribution in [0.1, 0.15) is 42.5 Å². The molecule has 0 fully saturated rings. The number of hydrogen-bond acceptors (Lipinski definition) is 4. The molecule has 3 rings (SSSR count). The molecule has 1 aromatic carbocycles. The monoisotopic (exact) mass is 356 g/mol. The van der Waals surface area contributed by atoms with Crippen LogP contribution in [-0.2, 0) is 17.7 Å². The number of carbonyl (C=O) groups excluding carboxylic acids is 2. The lowest BCUT2D eigenvalue weighted by Crippen LogP contribution is -2.45. The van der Waals surface area contributed by atoms with Crippen molar-refractivity contribution in [3.8, 4) is 5.69 Å². The molecule has 7 heteroatoms. The van der Waals surface area contributed by atoms with E-state index in [1.165, 1.54) is 0 Å². The third-order valence-corrected chi connectivity index (χ3v) is 4.23. The van der Waals surface area contributed by atoms with E-state index in [2.05, 4.69) is 10.4 Å². The Labute approximate surface area is 152 Å². The van der Waals surface area contributed by atoms with Crippen LogP contribution < -0.4 is 5.32 Å². The lowest BCUT2D eigenvalue weighted by Gasteiger charge is -2.28. The Morgan fingerprint density at radius 1 is 1.27 bits per heavy atom. The molecule has 2 amide bonds. The number of urea groups is 1. The molecule has 0 radical (unpaired) electrons. The topological polar surface area (TPSA) is 76.5 Å². The molecule has 0 aliphatic carbocycles. The molecule has 0 spiro atoms. The van der Waals surface area contributed by atoms with Gasteiger partial charge in [-0.1, -0.05) is 18.2 Å². The van der Waals surface area contributed by atoms with Crippen LogP contribution in [0.5, 0.6) is 0 Å². The number of para-hydroxylation sites is 1. The molecule has 0 saturated carbocycles. The van der Waals surface area contributed by atoms with Crippen molar-refractivity contribution in [3.63, 3.8) is 0 Å². The number of benzene rings is 1. The third kappa shape index (κ3) is 3.56. The van der Waals surface area contributed by atoms with Gasteiger partial charge in [0.25, 0.3) is 0 Å². The molecule has 138 valence electrons. The zero-order valence-electron chi connectivity index (χ0n) is 15.4. The molecule has 0 bridgehead atoms. The summed E-state index contributed by atoms with van der Waals surface area (Å²) in [6, 6.07) is 9.61. The number of aromatic nitrogens is 2. The van der Waals surface area contributed by atoms with Crippen LogP contribution in [0.25, 0.3) is 5.69 Å². The van der Waals surface area contributed by atoms with Gasteiger partial charge >= 0.3 is 12.0 Å². The Morgan fingerprint density at radius 3 is 2.65 bits per heavy atom. The SMILES string of the molecule is CCOC(=O)c1nn(-c2ccccc2)c2c1CN(C(=O)NC(C)C)CC2. The van der Waals surface area contributed by atoms with E-state index in [4.69, 9.17) is 4.74 Å². The van der Waals surface area contributed by atoms with Crippen molar-refractivity contribution in [2.24, 2.45) is 0 Å². The van der Waals surface area contributed by atoms with E-state index in [9.17, 15) is 9.59 Å². The normalized spacial score (nSPS) is 13.5. The van der Waals surface area contributed by atoms with E-state index in [0.29, 0.717) is 19.5 Å². The van der Waals surface area contributed by atoms with Crippen molar-refractivity contribution in [2.45, 2.75) is 39.8 Å². The second-order valence-electron chi connectivity index (χ2n) is 6.52. The summed E-state index contributed by atoms with van der Waals surface area (Å²) >= 11 is 0. The van der Waals surface area contributed by atoms with Gasteiger partial charge in [0.15, 0.2) is 5.69 Å². The molecule has 26 heavy (non-hydrogen) atoms. The van der Waals surface area contributed by atoms with E-state index < -0.39 is 5.97 Å². The molecule has 0 saturated heterocycles. The molecule has 2 heterocycles. The number of rotatable bonds is 4. The van der Waals surface area contributed by atoms with Crippen LogP contribution in [0.4, 0.5) is 4.79 Å². The Balaban J connectivity index is 1.98. The standard InChI is InChI=1S/C19H24N4O3/c1-4-26-18(24)17-15-12-22(19(25)20-13(2)3)11-10-16(15)23(21-17)14-8-6-5-7-9-14/h5-9,13H,4,10-12H2,1-3H3,(H,20,25). The van der Waals surface area contributed by atoms with E-state index in [1.807, 2.05) is 44.2 Å². The number of nitrogens with one attached hydrogen (secondary N) is 1. The minimum Gasteiger partial charge on any atom is -0.461 e. The summed E-state index contributed by atoms with van der Waals surface area (Å²) < 4.78 is 6.96. The molecule has 0 unspecified atom stereocenters. The lowest BCUT2D eigenvalue weighted by atomic mass is 10.0. The summed E-state index contributed by atoms with van der Waals surface area (Å²) in [5.41, 5.74) is 2.89. The second-order valence-corrected chi connectivity index (χ2v) is 6.52. The fourth-order valence-corrected chi connectivity index (χ4v) is 3.08. The number of nitrogens with zero attached hydrogens (tertiary/aromatic N) is 3. The molecule has 1 aliphatic heterocycles. The first-order chi connectivity index (χ1) is 12.5. The number of ether oxygens (including phenoxy) is 1. The van der Waals surface area contributed by atoms with Crippen molar-refractivity contribution in [1.29, 1.82) is 0 Å². The smallest absolute Gasteiger partial charge is 0.359 e. The largest absolute Gasteiger partial charge is 0.461 e. The highest BCUT2D eigenvalue weighted by atomic mass is 16.5. The van der Waals surface area contributed by atoms with Crippen molar-refractivity contribution < 1.29 is 14.3 Å². The van der Waals surface area contributed by atoms with Gasteiger partial charge in [0.05, 0.1) is 24.5 Å². The van der Waals surface area contributed by atoms with E-state index in [1.54, 1.807) is 16.5 Å². The fraction of sp³-hybridized carbons (Fsp3) is 0.421. The minimum absolute atomic E-state index is 0.0560. The first kappa shape index (κ1) is 18.0. The van der Waals surface area contributed by atoms with Crippen molar-refractivity contribution in [1.82, 2.24) is 20.0 Å². The predicted octanol–water partition coefficient (Wildman–Crippen LogP) is 2.53. The average molecular weight is 356 g/mol. The maximum Gasteiger partial charge on any atom is 0.359 e. The summed E-state index contributed by atoms with van der Waals surface area (Å²) in [4.78, 5) is 26.5. The highest BCUT2D eigenvalue weighted by Crippen LogP contribution is 2.26. The lowest BCUT2D eigenvalue weighted by molar-refractivity contribution is 0.0516. The Hall–Kier alpha value is -2.83. The fourth-order valence-electron chi connectivity index (χ4n) is 3.08. The molecule has 7 nitrogen and oxygen atoms in total. The van der Waals surface area contributed by atoms with Gasteiger partial charge in [-0.3, -0.25) is 0 Å². The Bertz CT molecular complexity index is 799. The van der Waals surface area contributed by atoms with Gasteiger partial charge in [-0.15, -0.1) is 0 Å². The number of fused-ring (bicyclic) bond motifs is 1. The van der Waals surface area contributed by atoms with Crippen LogP contribution in [-0.4, -0.2) is 45.9 Å². The van der Waals surface area contributed by atoms with Crippen LogP contribution in [0.3, 0.4) is 0 Å². The summed E-state index contributed by atoms with van der Waals surface area (Å²) in [6.45, 7) is 6.81. The molecule has 1 aliphatic rings. The molecular formula is C19H24N4O3. The molecular weight excluding hydrogens is 332 g/mol. The van der Waals surface area contributed by atoms with Gasteiger partial charge < -0.3 is 15.0 Å². The number of amides is 2. The van der Waals surface area contributed by atoms with E-state index in [0.717, 1.165) is 16.9 Å². The van der Waals surface area contributed by atoms with Crippen LogP contribution in [0.2, 0.25) is 0 Å². The van der Waals surface area contributed by atoms with Gasteiger partial charge in [-0.25, -0.2) is 14.3 Å². The van der Waals surface area contributed by atoms with Gasteiger partial charge in [0.1, 0.15) is 0 Å². The van der Waals surface area contributed by atoms with Crippen molar-refractivity contribution in [2.75, 3.05) is 13.2 Å². The van der Waals surface area contributed by atoms with Crippen LogP contribution >= 0.6 is 0 Å². The van der Waals surface area contributed by atoms with Gasteiger partial charge in [0.2, 0.25) is 0 Å². The van der Waals surface area contributed by atoms with Crippen molar-refractivity contribution >= 4 is 12.0 Å². The number of esters is 1. The molecule has 1 aromatic heterocycles. The Kier molecular flexibility index (Phi) is 5.25. The number of carbonyl (C=O) groups is 2. The molecule has 2 aromatic rings. The first-order valence-electron chi connectivity index (χ1n) is 8.90. The van der Waals surface area contributed by atoms with Gasteiger partial charge in [-0.2, -0.15) is 5.10 Å². The minimum atomic E-state index is -0.454. The predicted molar refractivity (Wildman–Crippen MR) is 97.3 cm³/mol. The van der Waals surface area contributed by atoms with Crippen LogP contribution in [0.15, 0.2) is 30.3 Å². The van der Waals surface area contributed by atoms with E-state index >= 15 is 0 Å². The van der Waals surface area contributed by atoms with Gasteiger partial charge in [-0.05, 0) is 32.9 Å². The summed E-state index contributed by atoms with van der Waals surface area (Å²) in [5, 5.41) is 7.42. The maximum atomic E-state index is 12.4. The zero-order chi connectivity index (χ0) is 18.7. The zero-order valence-corrected chi connectivity index (χ0v) is 15.4. The maximum absolute atomic E-state index is 12.4. The average Bonchev–Trinajstić information content (AvgIpc) is 3.01. The summed E-state index contributed by atoms with van der Waals surface area (Å²) in [6.07, 6.45) is 0.627. The highest BCUT2D eigenvalue weighted by molar-refractivity contribution is 5.89. The first-order valence-corrected chi connectivity index (χ1v) is 8.90. The Morgan fingerprint density at radius 2 is 2.00 bits per heavy atom. The van der Waals surface area contributed by atoms with E-state index in [-0.39, 0.29) is 24.4 Å². The van der Waals surface area contributed by atoms with Crippen LogP contribution in [0, 0.1) is 0 Å². The quantitative estimate of drug-likeness (QED) is 0.854. The molecule has 1 N–H and O–H groups in total. The summed E-state index contributed by atoms with van der Waals surface area (Å²) in [5.74, 6) is -0.454. The third-order valence-electron chi connectivity index (χ3n) is 4.23. The second kappa shape index (κ2) is 7.59. The van der Waals surface area contributed by atoms with Crippen molar-refractivity contribution in [3.05, 3.63) is 47.3 Å². The highest BCUT2D eigenvalue weighted by Gasteiger charge is 2.31. The number of hydrogen-bond donors (Lipinski definition) is 1. The summed E-state index contributed by atoms with van der Waals surface area (Å²) in [7, 11) is 0.